The molecular formula is C21H25N5O3S2. The van der Waals surface area contributed by atoms with Crippen LogP contribution in [0.2, 0.25) is 0 Å². The quantitative estimate of drug-likeness (QED) is 0.584. The summed E-state index contributed by atoms with van der Waals surface area (Å²) in [7, 11) is -1.90. The fraction of sp³-hybridized carbons (Fsp3) is 0.381. The number of anilines is 2. The Kier molecular flexibility index (Phi) is 5.96. The first-order chi connectivity index (χ1) is 14.8. The van der Waals surface area contributed by atoms with Crippen molar-refractivity contribution < 1.29 is 13.2 Å². The minimum Gasteiger partial charge on any atom is -0.337 e. The molecule has 1 aliphatic heterocycles. The summed E-state index contributed by atoms with van der Waals surface area (Å²) in [6, 6.07) is 9.46. The molecule has 0 saturated carbocycles. The van der Waals surface area contributed by atoms with Crippen LogP contribution in [-0.2, 0) is 21.9 Å². The molecule has 1 saturated heterocycles. The van der Waals surface area contributed by atoms with Crippen LogP contribution in [0.15, 0.2) is 46.9 Å². The number of carbonyl (C=O) groups excluding carboxylic acids is 1. The van der Waals surface area contributed by atoms with Crippen molar-refractivity contribution in [2.75, 3.05) is 18.0 Å². The fourth-order valence-corrected chi connectivity index (χ4v) is 5.98. The summed E-state index contributed by atoms with van der Waals surface area (Å²) in [5, 5.41) is 2.61. The zero-order valence-corrected chi connectivity index (χ0v) is 19.4. The highest BCUT2D eigenvalue weighted by molar-refractivity contribution is 7.89. The van der Waals surface area contributed by atoms with Gasteiger partial charge in [-0.1, -0.05) is 18.2 Å². The molecule has 0 radical (unpaired) electrons. The molecule has 1 aromatic carbocycles. The number of hydrogen-bond acceptors (Lipinski definition) is 6. The molecule has 4 rings (SSSR count). The molecule has 0 N–H and O–H groups in total. The van der Waals surface area contributed by atoms with Gasteiger partial charge in [0.2, 0.25) is 5.91 Å². The van der Waals surface area contributed by atoms with E-state index >= 15 is 0 Å². The highest BCUT2D eigenvalue weighted by atomic mass is 32.2. The molecule has 1 aliphatic rings. The zero-order valence-electron chi connectivity index (χ0n) is 17.7. The molecule has 0 atom stereocenters. The number of amides is 1. The summed E-state index contributed by atoms with van der Waals surface area (Å²) in [5.74, 6) is 0.313. The Morgan fingerprint density at radius 1 is 1.13 bits per heavy atom. The molecule has 0 unspecified atom stereocenters. The number of sulfonamides is 1. The highest BCUT2D eigenvalue weighted by Gasteiger charge is 2.36. The minimum absolute atomic E-state index is 0.0497. The van der Waals surface area contributed by atoms with Crippen LogP contribution in [0, 0.1) is 19.8 Å². The Balaban J connectivity index is 1.52. The molecule has 8 nitrogen and oxygen atoms in total. The summed E-state index contributed by atoms with van der Waals surface area (Å²) < 4.78 is 29.0. The lowest BCUT2D eigenvalue weighted by Gasteiger charge is -2.32. The van der Waals surface area contributed by atoms with Crippen molar-refractivity contribution in [2.45, 2.75) is 31.7 Å². The van der Waals surface area contributed by atoms with Crippen LogP contribution in [0.5, 0.6) is 0 Å². The Hall–Kier alpha value is -2.56. The zero-order chi connectivity index (χ0) is 22.2. The number of piperidine rings is 1. The van der Waals surface area contributed by atoms with Crippen molar-refractivity contribution in [1.82, 2.24) is 18.8 Å². The fourth-order valence-electron chi connectivity index (χ4n) is 3.66. The van der Waals surface area contributed by atoms with E-state index in [1.165, 1.54) is 21.8 Å². The molecule has 10 heteroatoms. The van der Waals surface area contributed by atoms with Crippen molar-refractivity contribution in [3.63, 3.8) is 0 Å². The molecule has 31 heavy (non-hydrogen) atoms. The van der Waals surface area contributed by atoms with Crippen molar-refractivity contribution in [2.24, 2.45) is 13.0 Å². The van der Waals surface area contributed by atoms with Gasteiger partial charge in [0.25, 0.3) is 10.0 Å². The highest BCUT2D eigenvalue weighted by Crippen LogP contribution is 2.33. The van der Waals surface area contributed by atoms with E-state index in [-0.39, 0.29) is 29.9 Å². The van der Waals surface area contributed by atoms with E-state index in [0.29, 0.717) is 23.8 Å². The number of carbonyl (C=O) groups is 1. The summed E-state index contributed by atoms with van der Waals surface area (Å²) in [4.78, 5) is 23.8. The van der Waals surface area contributed by atoms with Crippen LogP contribution in [0.1, 0.15) is 24.4 Å². The van der Waals surface area contributed by atoms with E-state index in [4.69, 9.17) is 0 Å². The standard InChI is InChI=1S/C21H25N5O3S2/c1-15-14-30-21(22-15)26(18-7-5-4-6-8-18)20(27)17-9-11-25(12-10-17)31(28,29)19-13-24(3)16(2)23-19/h4-8,13-14,17H,9-12H2,1-3H3. The average Bonchev–Trinajstić information content (AvgIpc) is 3.34. The van der Waals surface area contributed by atoms with Gasteiger partial charge in [-0.15, -0.1) is 11.3 Å². The maximum atomic E-state index is 13.5. The largest absolute Gasteiger partial charge is 0.337 e. The number of imidazole rings is 1. The molecule has 164 valence electrons. The van der Waals surface area contributed by atoms with E-state index in [2.05, 4.69) is 9.97 Å². The Labute approximate surface area is 186 Å². The van der Waals surface area contributed by atoms with E-state index in [1.54, 1.807) is 23.4 Å². The molecule has 3 heterocycles. The lowest BCUT2D eigenvalue weighted by Crippen LogP contribution is -2.43. The predicted octanol–water partition coefficient (Wildman–Crippen LogP) is 3.26. The normalized spacial score (nSPS) is 15.8. The van der Waals surface area contributed by atoms with Crippen LogP contribution in [0.25, 0.3) is 0 Å². The molecular weight excluding hydrogens is 434 g/mol. The van der Waals surface area contributed by atoms with Gasteiger partial charge in [-0.2, -0.15) is 4.31 Å². The van der Waals surface area contributed by atoms with Gasteiger partial charge in [0, 0.05) is 37.6 Å². The number of hydrogen-bond donors (Lipinski definition) is 0. The number of rotatable bonds is 5. The monoisotopic (exact) mass is 459 g/mol. The number of aryl methyl sites for hydroxylation is 3. The van der Waals surface area contributed by atoms with Crippen molar-refractivity contribution in [3.05, 3.63) is 53.4 Å². The lowest BCUT2D eigenvalue weighted by atomic mass is 9.96. The van der Waals surface area contributed by atoms with Gasteiger partial charge in [0.1, 0.15) is 5.82 Å². The second-order valence-electron chi connectivity index (χ2n) is 7.70. The number of aromatic nitrogens is 3. The number of benzene rings is 1. The molecule has 1 fully saturated rings. The average molecular weight is 460 g/mol. The van der Waals surface area contributed by atoms with Gasteiger partial charge in [0.05, 0.1) is 11.4 Å². The summed E-state index contributed by atoms with van der Waals surface area (Å²) in [6.07, 6.45) is 2.44. The first kappa shape index (κ1) is 21.7. The van der Waals surface area contributed by atoms with Crippen LogP contribution < -0.4 is 4.90 Å². The van der Waals surface area contributed by atoms with E-state index < -0.39 is 10.0 Å². The maximum absolute atomic E-state index is 13.5. The third kappa shape index (κ3) is 4.28. The van der Waals surface area contributed by atoms with Crippen LogP contribution in [0.4, 0.5) is 10.8 Å². The minimum atomic E-state index is -3.67. The van der Waals surface area contributed by atoms with Crippen molar-refractivity contribution >= 4 is 38.1 Å². The first-order valence-electron chi connectivity index (χ1n) is 10.1. The third-order valence-electron chi connectivity index (χ3n) is 5.53. The molecule has 0 bridgehead atoms. The van der Waals surface area contributed by atoms with Gasteiger partial charge in [-0.25, -0.2) is 18.4 Å². The smallest absolute Gasteiger partial charge is 0.262 e. The lowest BCUT2D eigenvalue weighted by molar-refractivity contribution is -0.122. The number of para-hydroxylation sites is 1. The second kappa shape index (κ2) is 8.52. The molecule has 1 amide bonds. The van der Waals surface area contributed by atoms with Crippen LogP contribution >= 0.6 is 11.3 Å². The van der Waals surface area contributed by atoms with E-state index in [1.807, 2.05) is 42.6 Å². The van der Waals surface area contributed by atoms with Crippen molar-refractivity contribution in [1.29, 1.82) is 0 Å². The molecule has 2 aromatic heterocycles. The van der Waals surface area contributed by atoms with Gasteiger partial charge < -0.3 is 4.57 Å². The summed E-state index contributed by atoms with van der Waals surface area (Å²) in [5.41, 5.74) is 1.63. The molecule has 3 aromatic rings. The first-order valence-corrected chi connectivity index (χ1v) is 12.4. The predicted molar refractivity (Wildman–Crippen MR) is 120 cm³/mol. The van der Waals surface area contributed by atoms with Crippen molar-refractivity contribution in [3.8, 4) is 0 Å². The summed E-state index contributed by atoms with van der Waals surface area (Å²) in [6.45, 7) is 4.24. The van der Waals surface area contributed by atoms with Gasteiger partial charge in [0.15, 0.2) is 10.2 Å². The van der Waals surface area contributed by atoms with E-state index in [0.717, 1.165) is 11.4 Å². The Morgan fingerprint density at radius 3 is 2.35 bits per heavy atom. The van der Waals surface area contributed by atoms with Crippen LogP contribution in [0.3, 0.4) is 0 Å². The van der Waals surface area contributed by atoms with Gasteiger partial charge >= 0.3 is 0 Å². The molecule has 0 spiro atoms. The Morgan fingerprint density at radius 2 is 1.81 bits per heavy atom. The van der Waals surface area contributed by atoms with E-state index in [9.17, 15) is 13.2 Å². The second-order valence-corrected chi connectivity index (χ2v) is 10.4. The van der Waals surface area contributed by atoms with Gasteiger partial charge in [-0.05, 0) is 38.8 Å². The third-order valence-corrected chi connectivity index (χ3v) is 8.24. The maximum Gasteiger partial charge on any atom is 0.262 e. The number of nitrogens with zero attached hydrogens (tertiary/aromatic N) is 5. The van der Waals surface area contributed by atoms with Crippen LogP contribution in [-0.4, -0.2) is 46.3 Å². The Bertz CT molecular complexity index is 1160. The molecule has 0 aliphatic carbocycles. The number of thiazole rings is 1. The topological polar surface area (TPSA) is 88.4 Å². The summed E-state index contributed by atoms with van der Waals surface area (Å²) >= 11 is 1.43. The SMILES string of the molecule is Cc1csc(N(C(=O)C2CCN(S(=O)(=O)c3cn(C)c(C)n3)CC2)c2ccccc2)n1. The van der Waals surface area contributed by atoms with Gasteiger partial charge in [-0.3, -0.25) is 9.69 Å².